The summed E-state index contributed by atoms with van der Waals surface area (Å²) in [5.41, 5.74) is 2.82. The van der Waals surface area contributed by atoms with Gasteiger partial charge in [0.2, 0.25) is 5.91 Å². The number of rotatable bonds is 5. The molecule has 0 aromatic heterocycles. The fourth-order valence-electron chi connectivity index (χ4n) is 2.21. The highest BCUT2D eigenvalue weighted by atomic mass is 79.9. The van der Waals surface area contributed by atoms with E-state index in [0.717, 1.165) is 16.5 Å². The molecule has 2 aromatic carbocycles. The molecule has 3 heteroatoms. The van der Waals surface area contributed by atoms with E-state index in [9.17, 15) is 4.79 Å². The maximum Gasteiger partial charge on any atom is 0.230 e. The molecule has 0 aliphatic carbocycles. The molecule has 0 unspecified atom stereocenters. The highest BCUT2D eigenvalue weighted by Gasteiger charge is 2.29. The van der Waals surface area contributed by atoms with Crippen LogP contribution in [0, 0.1) is 0 Å². The molecular formula is C18H20BrNO. The Bertz CT molecular complexity index is 608. The van der Waals surface area contributed by atoms with Crippen molar-refractivity contribution in [3.63, 3.8) is 0 Å². The molecule has 2 aromatic rings. The van der Waals surface area contributed by atoms with Crippen molar-refractivity contribution in [2.24, 2.45) is 0 Å². The molecule has 0 spiro atoms. The van der Waals surface area contributed by atoms with E-state index in [4.69, 9.17) is 0 Å². The Kier molecular flexibility index (Phi) is 5.18. The standard InChI is InChI=1S/C18H20BrNO/c1-18(2,16-9-4-3-5-10-16)17(21)20-13-15-8-6-7-14(11-15)12-19/h3-11H,12-13H2,1-2H3,(H,20,21). The monoisotopic (exact) mass is 345 g/mol. The Morgan fingerprint density at radius 2 is 1.71 bits per heavy atom. The zero-order valence-electron chi connectivity index (χ0n) is 12.4. The molecule has 0 saturated heterocycles. The Morgan fingerprint density at radius 3 is 2.38 bits per heavy atom. The average molecular weight is 346 g/mol. The molecule has 0 atom stereocenters. The van der Waals surface area contributed by atoms with Crippen LogP contribution in [0.25, 0.3) is 0 Å². The lowest BCUT2D eigenvalue weighted by atomic mass is 9.84. The van der Waals surface area contributed by atoms with Crippen molar-refractivity contribution in [1.82, 2.24) is 5.32 Å². The summed E-state index contributed by atoms with van der Waals surface area (Å²) in [5, 5.41) is 3.86. The predicted octanol–water partition coefficient (Wildman–Crippen LogP) is 4.18. The molecular weight excluding hydrogens is 326 g/mol. The van der Waals surface area contributed by atoms with Crippen LogP contribution in [0.3, 0.4) is 0 Å². The van der Waals surface area contributed by atoms with Gasteiger partial charge in [0.25, 0.3) is 0 Å². The van der Waals surface area contributed by atoms with Gasteiger partial charge in [0.1, 0.15) is 0 Å². The molecule has 0 bridgehead atoms. The molecule has 2 rings (SSSR count). The van der Waals surface area contributed by atoms with Crippen molar-refractivity contribution in [2.75, 3.05) is 0 Å². The van der Waals surface area contributed by atoms with Gasteiger partial charge < -0.3 is 5.32 Å². The first kappa shape index (κ1) is 15.8. The first-order valence-corrected chi connectivity index (χ1v) is 8.14. The van der Waals surface area contributed by atoms with Gasteiger partial charge in [0.15, 0.2) is 0 Å². The summed E-state index contributed by atoms with van der Waals surface area (Å²) in [7, 11) is 0. The molecule has 1 N–H and O–H groups in total. The van der Waals surface area contributed by atoms with Gasteiger partial charge in [-0.2, -0.15) is 0 Å². The normalized spacial score (nSPS) is 11.2. The second kappa shape index (κ2) is 6.90. The summed E-state index contributed by atoms with van der Waals surface area (Å²) in [4.78, 5) is 12.5. The minimum absolute atomic E-state index is 0.0398. The fourth-order valence-corrected chi connectivity index (χ4v) is 2.56. The van der Waals surface area contributed by atoms with Crippen LogP contribution in [0.1, 0.15) is 30.5 Å². The van der Waals surface area contributed by atoms with Crippen LogP contribution in [0.2, 0.25) is 0 Å². The van der Waals surface area contributed by atoms with E-state index in [2.05, 4.69) is 33.4 Å². The first-order chi connectivity index (χ1) is 10.0. The van der Waals surface area contributed by atoms with Crippen molar-refractivity contribution in [2.45, 2.75) is 31.1 Å². The van der Waals surface area contributed by atoms with E-state index < -0.39 is 5.41 Å². The summed E-state index contributed by atoms with van der Waals surface area (Å²) in [5.74, 6) is 0.0398. The van der Waals surface area contributed by atoms with Gasteiger partial charge >= 0.3 is 0 Å². The Labute approximate surface area is 134 Å². The first-order valence-electron chi connectivity index (χ1n) is 7.01. The second-order valence-corrected chi connectivity index (χ2v) is 6.19. The number of hydrogen-bond acceptors (Lipinski definition) is 1. The fraction of sp³-hybridized carbons (Fsp3) is 0.278. The summed E-state index contributed by atoms with van der Waals surface area (Å²) in [6.07, 6.45) is 0. The predicted molar refractivity (Wildman–Crippen MR) is 90.4 cm³/mol. The van der Waals surface area contributed by atoms with Crippen LogP contribution in [0.5, 0.6) is 0 Å². The zero-order valence-corrected chi connectivity index (χ0v) is 14.0. The molecule has 1 amide bonds. The number of hydrogen-bond donors (Lipinski definition) is 1. The lowest BCUT2D eigenvalue weighted by molar-refractivity contribution is -0.125. The lowest BCUT2D eigenvalue weighted by Gasteiger charge is -2.24. The third kappa shape index (κ3) is 3.94. The van der Waals surface area contributed by atoms with E-state index in [0.29, 0.717) is 6.54 Å². The van der Waals surface area contributed by atoms with E-state index in [1.807, 2.05) is 56.3 Å². The summed E-state index contributed by atoms with van der Waals surface area (Å²) in [6.45, 7) is 4.45. The van der Waals surface area contributed by atoms with E-state index >= 15 is 0 Å². The van der Waals surface area contributed by atoms with E-state index in [1.165, 1.54) is 5.56 Å². The lowest BCUT2D eigenvalue weighted by Crippen LogP contribution is -2.39. The van der Waals surface area contributed by atoms with E-state index in [-0.39, 0.29) is 5.91 Å². The van der Waals surface area contributed by atoms with Gasteiger partial charge in [-0.15, -0.1) is 0 Å². The van der Waals surface area contributed by atoms with Crippen molar-refractivity contribution < 1.29 is 4.79 Å². The molecule has 0 fully saturated rings. The molecule has 0 heterocycles. The zero-order chi connectivity index (χ0) is 15.3. The average Bonchev–Trinajstić information content (AvgIpc) is 2.53. The smallest absolute Gasteiger partial charge is 0.230 e. The van der Waals surface area contributed by atoms with E-state index in [1.54, 1.807) is 0 Å². The van der Waals surface area contributed by atoms with Crippen LogP contribution < -0.4 is 5.32 Å². The van der Waals surface area contributed by atoms with Crippen LogP contribution in [-0.2, 0) is 22.1 Å². The highest BCUT2D eigenvalue weighted by Crippen LogP contribution is 2.23. The molecule has 110 valence electrons. The number of benzene rings is 2. The quantitative estimate of drug-likeness (QED) is 0.809. The number of carbonyl (C=O) groups excluding carboxylic acids is 1. The van der Waals surface area contributed by atoms with Crippen LogP contribution >= 0.6 is 15.9 Å². The number of carbonyl (C=O) groups is 1. The van der Waals surface area contributed by atoms with Crippen LogP contribution in [-0.4, -0.2) is 5.91 Å². The topological polar surface area (TPSA) is 29.1 Å². The number of nitrogens with one attached hydrogen (secondary N) is 1. The minimum Gasteiger partial charge on any atom is -0.351 e. The Morgan fingerprint density at radius 1 is 1.05 bits per heavy atom. The van der Waals surface area contributed by atoms with Crippen molar-refractivity contribution in [3.8, 4) is 0 Å². The van der Waals surface area contributed by atoms with Gasteiger partial charge in [0.05, 0.1) is 5.41 Å². The molecule has 2 nitrogen and oxygen atoms in total. The molecule has 0 radical (unpaired) electrons. The van der Waals surface area contributed by atoms with Crippen molar-refractivity contribution in [1.29, 1.82) is 0 Å². The summed E-state index contributed by atoms with van der Waals surface area (Å²) < 4.78 is 0. The Hall–Kier alpha value is -1.61. The van der Waals surface area contributed by atoms with Gasteiger partial charge in [-0.25, -0.2) is 0 Å². The number of amides is 1. The highest BCUT2D eigenvalue weighted by molar-refractivity contribution is 9.08. The maximum absolute atomic E-state index is 12.5. The molecule has 0 saturated carbocycles. The van der Waals surface area contributed by atoms with Gasteiger partial charge in [0, 0.05) is 11.9 Å². The molecule has 21 heavy (non-hydrogen) atoms. The molecule has 0 aliphatic rings. The van der Waals surface area contributed by atoms with Crippen molar-refractivity contribution in [3.05, 3.63) is 71.3 Å². The number of alkyl halides is 1. The largest absolute Gasteiger partial charge is 0.351 e. The minimum atomic E-state index is -0.533. The van der Waals surface area contributed by atoms with Gasteiger partial charge in [-0.3, -0.25) is 4.79 Å². The second-order valence-electron chi connectivity index (χ2n) is 5.63. The third-order valence-corrected chi connectivity index (χ3v) is 4.31. The maximum atomic E-state index is 12.5. The SMILES string of the molecule is CC(C)(C(=O)NCc1cccc(CBr)c1)c1ccccc1. The number of halogens is 1. The summed E-state index contributed by atoms with van der Waals surface area (Å²) in [6, 6.07) is 18.1. The third-order valence-electron chi connectivity index (χ3n) is 3.66. The van der Waals surface area contributed by atoms with Crippen molar-refractivity contribution >= 4 is 21.8 Å². The van der Waals surface area contributed by atoms with Crippen LogP contribution in [0.15, 0.2) is 54.6 Å². The van der Waals surface area contributed by atoms with Crippen LogP contribution in [0.4, 0.5) is 0 Å². The van der Waals surface area contributed by atoms with Gasteiger partial charge in [-0.1, -0.05) is 70.5 Å². The van der Waals surface area contributed by atoms with Gasteiger partial charge in [-0.05, 0) is 30.5 Å². The summed E-state index contributed by atoms with van der Waals surface area (Å²) >= 11 is 3.45. The Balaban J connectivity index is 2.04. The molecule has 0 aliphatic heterocycles.